The van der Waals surface area contributed by atoms with Crippen LogP contribution in [-0.4, -0.2) is 87.9 Å². The maximum absolute atomic E-state index is 13.7. The Hall–Kier alpha value is -3.75. The van der Waals surface area contributed by atoms with Crippen molar-refractivity contribution in [2.75, 3.05) is 48.4 Å². The van der Waals surface area contributed by atoms with Gasteiger partial charge in [-0.15, -0.1) is 0 Å². The predicted molar refractivity (Wildman–Crippen MR) is 144 cm³/mol. The van der Waals surface area contributed by atoms with Crippen molar-refractivity contribution in [3.05, 3.63) is 23.8 Å². The minimum absolute atomic E-state index is 0.0736. The first kappa shape index (κ1) is 28.8. The van der Waals surface area contributed by atoms with E-state index < -0.39 is 23.7 Å². The van der Waals surface area contributed by atoms with Crippen molar-refractivity contribution in [3.63, 3.8) is 0 Å². The molecular formula is C26H34F3N9O3. The fourth-order valence-electron chi connectivity index (χ4n) is 5.55. The van der Waals surface area contributed by atoms with Crippen LogP contribution in [0.1, 0.15) is 51.9 Å². The fourth-order valence-corrected chi connectivity index (χ4v) is 5.55. The van der Waals surface area contributed by atoms with Crippen molar-refractivity contribution >= 4 is 35.2 Å². The smallest absolute Gasteiger partial charge is 0.408 e. The second kappa shape index (κ2) is 10.3. The Kier molecular flexibility index (Phi) is 7.20. The van der Waals surface area contributed by atoms with E-state index in [0.717, 1.165) is 4.90 Å². The molecule has 0 unspecified atom stereocenters. The quantitative estimate of drug-likeness (QED) is 0.403. The minimum atomic E-state index is -4.46. The molecule has 222 valence electrons. The molecule has 0 radical (unpaired) electrons. The van der Waals surface area contributed by atoms with Crippen molar-refractivity contribution in [2.45, 2.75) is 70.4 Å². The van der Waals surface area contributed by atoms with Crippen LogP contribution in [0.3, 0.4) is 0 Å². The summed E-state index contributed by atoms with van der Waals surface area (Å²) >= 11 is 0. The van der Waals surface area contributed by atoms with Crippen molar-refractivity contribution in [3.8, 4) is 0 Å². The lowest BCUT2D eigenvalue weighted by Gasteiger charge is -2.38. The Bertz CT molecular complexity index is 1330. The van der Waals surface area contributed by atoms with Gasteiger partial charge in [-0.2, -0.15) is 13.2 Å². The molecule has 3 aliphatic rings. The number of hydrogen-bond acceptors (Lipinski definition) is 10. The van der Waals surface area contributed by atoms with Gasteiger partial charge in [-0.25, -0.2) is 19.9 Å². The lowest BCUT2D eigenvalue weighted by molar-refractivity contribution is -0.169. The highest BCUT2D eigenvalue weighted by Gasteiger charge is 2.49. The fraction of sp³-hybridized carbons (Fsp3) is 0.615. The molecule has 2 fully saturated rings. The molecule has 15 heteroatoms. The topological polar surface area (TPSA) is 133 Å². The van der Waals surface area contributed by atoms with Gasteiger partial charge in [-0.3, -0.25) is 15.1 Å². The van der Waals surface area contributed by atoms with Gasteiger partial charge >= 0.3 is 6.18 Å². The summed E-state index contributed by atoms with van der Waals surface area (Å²) in [5, 5.41) is 11.1. The Morgan fingerprint density at radius 2 is 1.90 bits per heavy atom. The molecule has 1 atom stereocenters. The van der Waals surface area contributed by atoms with Gasteiger partial charge < -0.3 is 24.6 Å². The number of anilines is 4. The summed E-state index contributed by atoms with van der Waals surface area (Å²) in [6, 6.07) is -2.35. The zero-order valence-corrected chi connectivity index (χ0v) is 23.7. The van der Waals surface area contributed by atoms with Crippen molar-refractivity contribution in [2.24, 2.45) is 0 Å². The lowest BCUT2D eigenvalue weighted by Crippen LogP contribution is -2.49. The molecule has 5 heterocycles. The van der Waals surface area contributed by atoms with E-state index in [4.69, 9.17) is 14.9 Å². The summed E-state index contributed by atoms with van der Waals surface area (Å²) in [5.74, 6) is 1.02. The number of carbonyl (C=O) groups excluding carboxylic acids is 1. The second-order valence-corrected chi connectivity index (χ2v) is 11.5. The normalized spacial score (nSPS) is 21.7. The van der Waals surface area contributed by atoms with Gasteiger partial charge in [-0.05, 0) is 40.5 Å². The molecule has 12 nitrogen and oxygen atoms in total. The molecular weight excluding hydrogens is 543 g/mol. The predicted octanol–water partition coefficient (Wildman–Crippen LogP) is 3.36. The van der Waals surface area contributed by atoms with Crippen LogP contribution in [-0.2, 0) is 26.3 Å². The van der Waals surface area contributed by atoms with E-state index >= 15 is 0 Å². The van der Waals surface area contributed by atoms with E-state index in [2.05, 4.69) is 25.3 Å². The molecule has 0 aliphatic carbocycles. The average Bonchev–Trinajstić information content (AvgIpc) is 3.49. The molecule has 2 saturated heterocycles. The summed E-state index contributed by atoms with van der Waals surface area (Å²) in [6.45, 7) is 9.04. The second-order valence-electron chi connectivity index (χ2n) is 11.5. The first-order chi connectivity index (χ1) is 19.2. The van der Waals surface area contributed by atoms with Crippen LogP contribution >= 0.6 is 0 Å². The highest BCUT2D eigenvalue weighted by molar-refractivity contribution is 6.12. The van der Waals surface area contributed by atoms with E-state index in [0.29, 0.717) is 55.0 Å². The Morgan fingerprint density at radius 3 is 2.54 bits per heavy atom. The first-order valence-electron chi connectivity index (χ1n) is 13.4. The molecule has 2 N–H and O–H groups in total. The highest BCUT2D eigenvalue weighted by Crippen LogP contribution is 2.47. The van der Waals surface area contributed by atoms with E-state index in [-0.39, 0.29) is 36.9 Å². The van der Waals surface area contributed by atoms with Crippen molar-refractivity contribution < 1.29 is 27.4 Å². The van der Waals surface area contributed by atoms with Gasteiger partial charge in [-0.1, -0.05) is 0 Å². The van der Waals surface area contributed by atoms with E-state index in [1.807, 2.05) is 18.7 Å². The monoisotopic (exact) mass is 577 g/mol. The van der Waals surface area contributed by atoms with Crippen LogP contribution in [0.25, 0.3) is 0 Å². The zero-order chi connectivity index (χ0) is 29.7. The average molecular weight is 578 g/mol. The zero-order valence-electron chi connectivity index (χ0n) is 23.7. The summed E-state index contributed by atoms with van der Waals surface area (Å²) in [7, 11) is 1.65. The SMILES string of the molecule is CNc1nc(COC(=N)N2CCC[C@@H]2C(F)(F)F)nc2c1C(C)(C)C(=O)N2c1cnc(N2CCOC(C)(C)C2)nc1. The molecule has 5 rings (SSSR count). The number of carbonyl (C=O) groups is 1. The Balaban J connectivity index is 1.41. The molecule has 2 aromatic heterocycles. The molecule has 41 heavy (non-hydrogen) atoms. The summed E-state index contributed by atoms with van der Waals surface area (Å²) in [4.78, 5) is 36.1. The minimum Gasteiger partial charge on any atom is -0.457 e. The van der Waals surface area contributed by atoms with Gasteiger partial charge in [0, 0.05) is 26.7 Å². The van der Waals surface area contributed by atoms with Gasteiger partial charge in [0.1, 0.15) is 17.7 Å². The number of amidine groups is 1. The summed E-state index contributed by atoms with van der Waals surface area (Å²) < 4.78 is 51.3. The number of fused-ring (bicyclic) bond motifs is 1. The molecule has 2 aromatic rings. The van der Waals surface area contributed by atoms with Crippen LogP contribution in [0.2, 0.25) is 0 Å². The maximum atomic E-state index is 13.7. The van der Waals surface area contributed by atoms with Crippen molar-refractivity contribution in [1.82, 2.24) is 24.8 Å². The number of ether oxygens (including phenoxy) is 2. The van der Waals surface area contributed by atoms with Crippen molar-refractivity contribution in [1.29, 1.82) is 5.41 Å². The summed E-state index contributed by atoms with van der Waals surface area (Å²) in [5.41, 5.74) is -0.378. The Morgan fingerprint density at radius 1 is 1.20 bits per heavy atom. The number of hydrogen-bond donors (Lipinski definition) is 2. The molecule has 3 aliphatic heterocycles. The number of halogens is 3. The van der Waals surface area contributed by atoms with Crippen LogP contribution in [0.15, 0.2) is 12.4 Å². The van der Waals surface area contributed by atoms with Crippen LogP contribution in [0.4, 0.5) is 36.4 Å². The van der Waals surface area contributed by atoms with Crippen LogP contribution < -0.4 is 15.1 Å². The number of rotatable bonds is 5. The number of amides is 1. The number of nitrogens with zero attached hydrogens (tertiary/aromatic N) is 7. The maximum Gasteiger partial charge on any atom is 0.408 e. The van der Waals surface area contributed by atoms with E-state index in [1.165, 1.54) is 4.90 Å². The van der Waals surface area contributed by atoms with Crippen LogP contribution in [0.5, 0.6) is 0 Å². The standard InChI is InChI=1S/C26H34F3N9O3/c1-24(2)14-36(9-10-41-24)23-32-11-15(12-33-23)38-20-18(25(3,4)21(38)39)19(31-5)34-17(35-20)13-40-22(30)37-8-6-7-16(37)26(27,28)29/h11-12,16,30H,6-10,13-14H2,1-5H3,(H,31,34,35)/t16-/m1/s1. The third-order valence-electron chi connectivity index (χ3n) is 7.57. The molecule has 0 bridgehead atoms. The molecule has 0 spiro atoms. The number of nitrogens with one attached hydrogen (secondary N) is 2. The number of likely N-dealkylation sites (tertiary alicyclic amines) is 1. The van der Waals surface area contributed by atoms with E-state index in [9.17, 15) is 18.0 Å². The van der Waals surface area contributed by atoms with Gasteiger partial charge in [0.25, 0.3) is 6.02 Å². The third-order valence-corrected chi connectivity index (χ3v) is 7.57. The molecule has 1 amide bonds. The van der Waals surface area contributed by atoms with Crippen LogP contribution in [0, 0.1) is 5.41 Å². The first-order valence-corrected chi connectivity index (χ1v) is 13.4. The van der Waals surface area contributed by atoms with E-state index in [1.54, 1.807) is 33.3 Å². The number of aromatic nitrogens is 4. The van der Waals surface area contributed by atoms with Gasteiger partial charge in [0.05, 0.1) is 41.3 Å². The van der Waals surface area contributed by atoms with Gasteiger partial charge in [0.2, 0.25) is 11.9 Å². The lowest BCUT2D eigenvalue weighted by atomic mass is 9.87. The Labute approximate surface area is 235 Å². The molecule has 0 aromatic carbocycles. The summed E-state index contributed by atoms with van der Waals surface area (Å²) in [6.07, 6.45) is -1.12. The number of morpholine rings is 1. The van der Waals surface area contributed by atoms with Gasteiger partial charge in [0.15, 0.2) is 12.4 Å². The number of alkyl halides is 3. The largest absolute Gasteiger partial charge is 0.457 e. The molecule has 0 saturated carbocycles. The highest BCUT2D eigenvalue weighted by atomic mass is 19.4. The third kappa shape index (κ3) is 5.34.